The highest BCUT2D eigenvalue weighted by atomic mass is 16.3. The Morgan fingerprint density at radius 1 is 0.941 bits per heavy atom. The van der Waals surface area contributed by atoms with Gasteiger partial charge in [0.15, 0.2) is 0 Å². The highest BCUT2D eigenvalue weighted by Gasteiger charge is 2.32. The third-order valence-corrected chi connectivity index (χ3v) is 4.20. The zero-order chi connectivity index (χ0) is 13.1. The summed E-state index contributed by atoms with van der Waals surface area (Å²) in [6.07, 6.45) is 4.79. The minimum Gasteiger partial charge on any atom is -0.394 e. The fraction of sp³-hybridized carbons (Fsp3) is 1.00. The molecule has 0 bridgehead atoms. The summed E-state index contributed by atoms with van der Waals surface area (Å²) in [4.78, 5) is 0. The van der Waals surface area contributed by atoms with Gasteiger partial charge in [-0.15, -0.1) is 0 Å². The van der Waals surface area contributed by atoms with E-state index < -0.39 is 5.54 Å². The molecule has 0 atom stereocenters. The summed E-state index contributed by atoms with van der Waals surface area (Å²) in [6.45, 7) is 8.80. The Morgan fingerprint density at radius 3 is 1.76 bits per heavy atom. The van der Waals surface area contributed by atoms with Crippen LogP contribution in [-0.4, -0.2) is 35.0 Å². The first-order valence-corrected chi connectivity index (χ1v) is 6.80. The highest BCUT2D eigenvalue weighted by Crippen LogP contribution is 2.38. The third kappa shape index (κ3) is 4.23. The van der Waals surface area contributed by atoms with Gasteiger partial charge in [-0.25, -0.2) is 0 Å². The molecule has 1 aliphatic rings. The molecule has 17 heavy (non-hydrogen) atoms. The molecule has 0 radical (unpaired) electrons. The normalized spacial score (nSPS) is 27.2. The van der Waals surface area contributed by atoms with Crippen LogP contribution in [0.4, 0.5) is 0 Å². The van der Waals surface area contributed by atoms with E-state index in [2.05, 4.69) is 26.1 Å². The maximum absolute atomic E-state index is 9.27. The van der Waals surface area contributed by atoms with Crippen molar-refractivity contribution in [2.75, 3.05) is 13.2 Å². The van der Waals surface area contributed by atoms with E-state index in [1.165, 1.54) is 12.8 Å². The van der Waals surface area contributed by atoms with E-state index in [1.54, 1.807) is 0 Å². The van der Waals surface area contributed by atoms with Gasteiger partial charge in [-0.3, -0.25) is 0 Å². The summed E-state index contributed by atoms with van der Waals surface area (Å²) in [5, 5.41) is 22.0. The lowest BCUT2D eigenvalue weighted by Crippen LogP contribution is -2.54. The number of hydrogen-bond acceptors (Lipinski definition) is 3. The predicted molar refractivity (Wildman–Crippen MR) is 70.9 cm³/mol. The van der Waals surface area contributed by atoms with Crippen LogP contribution in [0.25, 0.3) is 0 Å². The fourth-order valence-corrected chi connectivity index (χ4v) is 2.74. The van der Waals surface area contributed by atoms with Gasteiger partial charge in [0.05, 0.1) is 18.8 Å². The molecule has 3 nitrogen and oxygen atoms in total. The van der Waals surface area contributed by atoms with Crippen LogP contribution in [0.1, 0.15) is 53.4 Å². The fourth-order valence-electron chi connectivity index (χ4n) is 2.74. The lowest BCUT2D eigenvalue weighted by molar-refractivity contribution is 0.0769. The van der Waals surface area contributed by atoms with Crippen LogP contribution in [0.15, 0.2) is 0 Å². The average Bonchev–Trinajstić information content (AvgIpc) is 2.28. The Labute approximate surface area is 106 Å². The molecular formula is C14H29NO2. The zero-order valence-electron chi connectivity index (χ0n) is 11.8. The van der Waals surface area contributed by atoms with Gasteiger partial charge in [0.25, 0.3) is 0 Å². The maximum Gasteiger partial charge on any atom is 0.0633 e. The van der Waals surface area contributed by atoms with Crippen molar-refractivity contribution in [3.05, 3.63) is 0 Å². The Morgan fingerprint density at radius 2 is 1.41 bits per heavy atom. The summed E-state index contributed by atoms with van der Waals surface area (Å²) in [5.41, 5.74) is -0.124. The van der Waals surface area contributed by atoms with Crippen molar-refractivity contribution in [3.63, 3.8) is 0 Å². The van der Waals surface area contributed by atoms with Gasteiger partial charge in [-0.2, -0.15) is 0 Å². The van der Waals surface area contributed by atoms with Gasteiger partial charge < -0.3 is 15.5 Å². The Bertz CT molecular complexity index is 223. The van der Waals surface area contributed by atoms with Crippen LogP contribution in [0.3, 0.4) is 0 Å². The number of hydrogen-bond donors (Lipinski definition) is 3. The second-order valence-corrected chi connectivity index (χ2v) is 6.94. The molecule has 0 heterocycles. The summed E-state index contributed by atoms with van der Waals surface area (Å²) >= 11 is 0. The smallest absolute Gasteiger partial charge is 0.0633 e. The molecule has 102 valence electrons. The molecule has 0 unspecified atom stereocenters. The molecule has 0 aromatic carbocycles. The molecule has 1 aliphatic carbocycles. The monoisotopic (exact) mass is 243 g/mol. The zero-order valence-corrected chi connectivity index (χ0v) is 11.8. The van der Waals surface area contributed by atoms with E-state index in [-0.39, 0.29) is 13.2 Å². The van der Waals surface area contributed by atoms with Crippen LogP contribution < -0.4 is 5.32 Å². The molecule has 1 saturated carbocycles. The Balaban J connectivity index is 2.42. The Kier molecular flexibility index (Phi) is 4.99. The van der Waals surface area contributed by atoms with E-state index >= 15 is 0 Å². The number of rotatable bonds is 4. The van der Waals surface area contributed by atoms with E-state index in [4.69, 9.17) is 0 Å². The van der Waals surface area contributed by atoms with E-state index in [1.807, 2.05) is 6.92 Å². The summed E-state index contributed by atoms with van der Waals surface area (Å²) in [6, 6.07) is 0.442. The SMILES string of the molecule is CC(CO)(CO)NC1CCC(C(C)(C)C)CC1. The van der Waals surface area contributed by atoms with Gasteiger partial charge in [0, 0.05) is 6.04 Å². The van der Waals surface area contributed by atoms with Crippen LogP contribution >= 0.6 is 0 Å². The number of nitrogens with one attached hydrogen (secondary N) is 1. The molecule has 3 heteroatoms. The molecule has 1 rings (SSSR count). The molecule has 1 fully saturated rings. The quantitative estimate of drug-likeness (QED) is 0.707. The third-order valence-electron chi connectivity index (χ3n) is 4.20. The topological polar surface area (TPSA) is 52.5 Å². The first-order valence-electron chi connectivity index (χ1n) is 6.80. The molecule has 0 spiro atoms. The van der Waals surface area contributed by atoms with Gasteiger partial charge >= 0.3 is 0 Å². The Hall–Kier alpha value is -0.120. The van der Waals surface area contributed by atoms with Crippen molar-refractivity contribution in [2.45, 2.75) is 65.0 Å². The second kappa shape index (κ2) is 5.68. The van der Waals surface area contributed by atoms with E-state index in [0.717, 1.165) is 18.8 Å². The van der Waals surface area contributed by atoms with Crippen molar-refractivity contribution < 1.29 is 10.2 Å². The second-order valence-electron chi connectivity index (χ2n) is 6.94. The largest absolute Gasteiger partial charge is 0.394 e. The van der Waals surface area contributed by atoms with Gasteiger partial charge in [-0.05, 0) is 43.9 Å². The molecule has 0 aromatic heterocycles. The van der Waals surface area contributed by atoms with Crippen molar-refractivity contribution >= 4 is 0 Å². The van der Waals surface area contributed by atoms with Crippen molar-refractivity contribution in [2.24, 2.45) is 11.3 Å². The van der Waals surface area contributed by atoms with Crippen LogP contribution in [0.2, 0.25) is 0 Å². The molecule has 3 N–H and O–H groups in total. The summed E-state index contributed by atoms with van der Waals surface area (Å²) < 4.78 is 0. The number of aliphatic hydroxyl groups excluding tert-OH is 2. The van der Waals surface area contributed by atoms with Crippen LogP contribution in [0.5, 0.6) is 0 Å². The van der Waals surface area contributed by atoms with Gasteiger partial charge in [0.1, 0.15) is 0 Å². The molecule has 0 saturated heterocycles. The first kappa shape index (κ1) is 14.9. The lowest BCUT2D eigenvalue weighted by atomic mass is 9.71. The summed E-state index contributed by atoms with van der Waals surface area (Å²) in [5.74, 6) is 0.801. The predicted octanol–water partition coefficient (Wildman–Crippen LogP) is 1.92. The van der Waals surface area contributed by atoms with Crippen molar-refractivity contribution in [1.82, 2.24) is 5.32 Å². The maximum atomic E-state index is 9.27. The molecule has 0 aliphatic heterocycles. The van der Waals surface area contributed by atoms with E-state index in [0.29, 0.717) is 11.5 Å². The molecule has 0 aromatic rings. The van der Waals surface area contributed by atoms with Crippen molar-refractivity contribution in [1.29, 1.82) is 0 Å². The van der Waals surface area contributed by atoms with Gasteiger partial charge in [-0.1, -0.05) is 20.8 Å². The van der Waals surface area contributed by atoms with Crippen molar-refractivity contribution in [3.8, 4) is 0 Å². The standard InChI is InChI=1S/C14H29NO2/c1-13(2,3)11-5-7-12(8-6-11)15-14(4,9-16)10-17/h11-12,15-17H,5-10H2,1-4H3. The minimum absolute atomic E-state index is 0.0112. The minimum atomic E-state index is -0.529. The van der Waals surface area contributed by atoms with Crippen LogP contribution in [-0.2, 0) is 0 Å². The highest BCUT2D eigenvalue weighted by molar-refractivity contribution is 4.89. The average molecular weight is 243 g/mol. The van der Waals surface area contributed by atoms with Gasteiger partial charge in [0.2, 0.25) is 0 Å². The number of aliphatic hydroxyl groups is 2. The van der Waals surface area contributed by atoms with Crippen LogP contribution in [0, 0.1) is 11.3 Å². The molecule has 0 amide bonds. The van der Waals surface area contributed by atoms with E-state index in [9.17, 15) is 10.2 Å². The lowest BCUT2D eigenvalue weighted by Gasteiger charge is -2.40. The molecular weight excluding hydrogens is 214 g/mol. The first-order chi connectivity index (χ1) is 7.80. The summed E-state index contributed by atoms with van der Waals surface area (Å²) in [7, 11) is 0.